The molecule has 0 spiro atoms. The van der Waals surface area contributed by atoms with Gasteiger partial charge in [0.05, 0.1) is 39.9 Å². The minimum absolute atomic E-state index is 0.0796. The number of quaternary nitrogens is 1. The number of nitrogens with one attached hydrogen (secondary N) is 1. The quantitative estimate of drug-likeness (QED) is 0.0318. The van der Waals surface area contributed by atoms with Crippen LogP contribution in [0, 0.1) is 0 Å². The highest BCUT2D eigenvalue weighted by atomic mass is 31.2. The Morgan fingerprint density at radius 1 is 0.353 bits per heavy atom. The number of carbonyl (C=O) groups excluding carboxylic acids is 1. The summed E-state index contributed by atoms with van der Waals surface area (Å²) in [6.45, 7) is 4.98. The highest BCUT2D eigenvalue weighted by molar-refractivity contribution is 7.47. The number of unbranched alkanes of at least 4 members (excludes halogenated alkanes) is 61. The Balaban J connectivity index is 3.91. The van der Waals surface area contributed by atoms with Gasteiger partial charge in [-0.2, -0.15) is 0 Å². The van der Waals surface area contributed by atoms with Crippen molar-refractivity contribution < 1.29 is 32.9 Å². The summed E-state index contributed by atoms with van der Waals surface area (Å²) in [6.07, 6.45) is 86.8. The summed E-state index contributed by atoms with van der Waals surface area (Å²) in [5.74, 6) is -0.132. The summed E-state index contributed by atoms with van der Waals surface area (Å²) in [5, 5.41) is 14.2. The molecule has 0 bridgehead atoms. The molecule has 510 valence electrons. The lowest BCUT2D eigenvalue weighted by Crippen LogP contribution is -2.46. The van der Waals surface area contributed by atoms with Gasteiger partial charge in [-0.15, -0.1) is 0 Å². The zero-order chi connectivity index (χ0) is 61.9. The van der Waals surface area contributed by atoms with Crippen LogP contribution in [0.2, 0.25) is 0 Å². The number of phosphoric acid groups is 1. The SMILES string of the molecule is CCCCCCCCCCCCCCCCCCCCCCCCCCCCCCCCCCCCC(=O)NC(COP(=O)(O)OCC[N+](C)(C)C)C(O)CCCCCCCCCCCCCCCCCCCCCCCCCCCCCCC. The van der Waals surface area contributed by atoms with Crippen LogP contribution in [-0.4, -0.2) is 73.4 Å². The van der Waals surface area contributed by atoms with E-state index in [4.69, 9.17) is 9.05 Å². The van der Waals surface area contributed by atoms with Crippen LogP contribution in [-0.2, 0) is 18.4 Å². The molecule has 8 nitrogen and oxygen atoms in total. The fourth-order valence-electron chi connectivity index (χ4n) is 12.6. The maximum Gasteiger partial charge on any atom is 0.472 e. The molecular formula is C76H156N2O6P+. The van der Waals surface area contributed by atoms with Crippen molar-refractivity contribution in [2.24, 2.45) is 0 Å². The van der Waals surface area contributed by atoms with Crippen LogP contribution < -0.4 is 5.32 Å². The molecule has 0 aromatic carbocycles. The van der Waals surface area contributed by atoms with Gasteiger partial charge in [-0.3, -0.25) is 13.8 Å². The summed E-state index contributed by atoms with van der Waals surface area (Å²) in [7, 11) is 1.65. The molecule has 1 amide bonds. The van der Waals surface area contributed by atoms with E-state index in [1.165, 1.54) is 366 Å². The van der Waals surface area contributed by atoms with Crippen molar-refractivity contribution >= 4 is 13.7 Å². The van der Waals surface area contributed by atoms with Crippen LogP contribution in [0.4, 0.5) is 0 Å². The average Bonchev–Trinajstić information content (AvgIpc) is 3.49. The molecule has 0 aliphatic rings. The lowest BCUT2D eigenvalue weighted by Gasteiger charge is -2.26. The first-order valence-electron chi connectivity index (χ1n) is 38.9. The normalized spacial score (nSPS) is 13.4. The van der Waals surface area contributed by atoms with Crippen LogP contribution >= 0.6 is 7.82 Å². The van der Waals surface area contributed by atoms with Crippen LogP contribution in [0.15, 0.2) is 0 Å². The molecule has 3 atom stereocenters. The van der Waals surface area contributed by atoms with E-state index in [0.717, 1.165) is 38.5 Å². The molecule has 0 saturated heterocycles. The van der Waals surface area contributed by atoms with Crippen LogP contribution in [0.25, 0.3) is 0 Å². The highest BCUT2D eigenvalue weighted by Crippen LogP contribution is 2.43. The molecule has 0 fully saturated rings. The van der Waals surface area contributed by atoms with Crippen molar-refractivity contribution in [1.82, 2.24) is 5.32 Å². The second kappa shape index (κ2) is 67.9. The zero-order valence-corrected chi connectivity index (χ0v) is 59.6. The molecule has 0 aliphatic heterocycles. The Hall–Kier alpha value is -0.500. The summed E-state index contributed by atoms with van der Waals surface area (Å²) in [4.78, 5) is 23.5. The monoisotopic (exact) mass is 1220 g/mol. The molecule has 3 N–H and O–H groups in total. The fraction of sp³-hybridized carbons (Fsp3) is 0.987. The third-order valence-electron chi connectivity index (χ3n) is 18.6. The molecule has 0 aliphatic carbocycles. The molecule has 9 heteroatoms. The van der Waals surface area contributed by atoms with Gasteiger partial charge in [0.25, 0.3) is 0 Å². The molecule has 0 saturated carbocycles. The van der Waals surface area contributed by atoms with Crippen molar-refractivity contribution in [2.75, 3.05) is 40.9 Å². The second-order valence-corrected chi connectivity index (χ2v) is 29.9. The third-order valence-corrected chi connectivity index (χ3v) is 19.6. The van der Waals surface area contributed by atoms with E-state index in [-0.39, 0.29) is 19.1 Å². The summed E-state index contributed by atoms with van der Waals surface area (Å²) in [6, 6.07) is -0.758. The van der Waals surface area contributed by atoms with Crippen molar-refractivity contribution in [3.63, 3.8) is 0 Å². The van der Waals surface area contributed by atoms with Gasteiger partial charge in [-0.25, -0.2) is 4.57 Å². The maximum absolute atomic E-state index is 13.1. The molecular weight excluding hydrogens is 1070 g/mol. The summed E-state index contributed by atoms with van der Waals surface area (Å²) in [5.41, 5.74) is 0. The Morgan fingerprint density at radius 3 is 0.788 bits per heavy atom. The second-order valence-electron chi connectivity index (χ2n) is 28.5. The Morgan fingerprint density at radius 2 is 0.565 bits per heavy atom. The van der Waals surface area contributed by atoms with Crippen molar-refractivity contribution in [3.8, 4) is 0 Å². The lowest BCUT2D eigenvalue weighted by molar-refractivity contribution is -0.870. The number of aliphatic hydroxyl groups excluding tert-OH is 1. The predicted octanol–water partition coefficient (Wildman–Crippen LogP) is 25.1. The summed E-state index contributed by atoms with van der Waals surface area (Å²) >= 11 is 0. The van der Waals surface area contributed by atoms with Gasteiger partial charge < -0.3 is 19.8 Å². The average molecular weight is 1230 g/mol. The number of phosphoric ester groups is 1. The van der Waals surface area contributed by atoms with Gasteiger partial charge in [0, 0.05) is 6.42 Å². The molecule has 0 aromatic rings. The molecule has 0 aromatic heterocycles. The molecule has 0 heterocycles. The highest BCUT2D eigenvalue weighted by Gasteiger charge is 2.28. The molecule has 3 unspecified atom stereocenters. The number of hydrogen-bond acceptors (Lipinski definition) is 5. The van der Waals surface area contributed by atoms with Crippen molar-refractivity contribution in [2.45, 2.75) is 443 Å². The van der Waals surface area contributed by atoms with E-state index in [2.05, 4.69) is 19.2 Å². The number of likely N-dealkylation sites (N-methyl/N-ethyl adjacent to an activating group) is 1. The van der Waals surface area contributed by atoms with E-state index in [0.29, 0.717) is 23.9 Å². The molecule has 0 radical (unpaired) electrons. The van der Waals surface area contributed by atoms with Gasteiger partial charge in [-0.05, 0) is 12.8 Å². The van der Waals surface area contributed by atoms with Gasteiger partial charge in [-0.1, -0.05) is 412 Å². The van der Waals surface area contributed by atoms with Gasteiger partial charge in [0.2, 0.25) is 5.91 Å². The van der Waals surface area contributed by atoms with Crippen LogP contribution in [0.5, 0.6) is 0 Å². The standard InChI is InChI=1S/C76H155N2O6P/c1-6-8-10-12-14-16-18-20-22-24-26-28-30-32-34-36-37-38-39-40-42-44-46-48-50-52-54-56-58-60-62-64-66-68-70-76(80)77-74(73-84-85(81,82)83-72-71-78(3,4)5)75(79)69-67-65-63-61-59-57-55-53-51-49-47-45-43-41-35-33-31-29-27-25-23-21-19-17-15-13-11-9-7-2/h74-75,79H,6-73H2,1-5H3,(H-,77,80,81,82)/p+1. The first kappa shape index (κ1) is 84.5. The van der Waals surface area contributed by atoms with E-state index >= 15 is 0 Å². The largest absolute Gasteiger partial charge is 0.472 e. The number of hydrogen-bond donors (Lipinski definition) is 3. The van der Waals surface area contributed by atoms with Crippen molar-refractivity contribution in [1.29, 1.82) is 0 Å². The van der Waals surface area contributed by atoms with Crippen LogP contribution in [0.3, 0.4) is 0 Å². The van der Waals surface area contributed by atoms with Gasteiger partial charge in [0.1, 0.15) is 13.2 Å². The maximum atomic E-state index is 13.1. The Labute approximate surface area is 533 Å². The summed E-state index contributed by atoms with van der Waals surface area (Å²) < 4.78 is 24.0. The predicted molar refractivity (Wildman–Crippen MR) is 374 cm³/mol. The number of aliphatic hydroxyl groups is 1. The van der Waals surface area contributed by atoms with Crippen molar-refractivity contribution in [3.05, 3.63) is 0 Å². The number of amides is 1. The minimum atomic E-state index is -4.33. The third kappa shape index (κ3) is 70.8. The molecule has 0 rings (SSSR count). The lowest BCUT2D eigenvalue weighted by atomic mass is 10.0. The first-order valence-corrected chi connectivity index (χ1v) is 40.4. The Kier molecular flexibility index (Phi) is 67.5. The van der Waals surface area contributed by atoms with E-state index in [9.17, 15) is 19.4 Å². The van der Waals surface area contributed by atoms with E-state index in [1.807, 2.05) is 21.1 Å². The number of nitrogens with zero attached hydrogens (tertiary/aromatic N) is 1. The van der Waals surface area contributed by atoms with Gasteiger partial charge >= 0.3 is 7.82 Å². The fourth-order valence-corrected chi connectivity index (χ4v) is 13.3. The zero-order valence-electron chi connectivity index (χ0n) is 58.7. The number of carbonyl (C=O) groups is 1. The number of rotatable bonds is 74. The van der Waals surface area contributed by atoms with E-state index < -0.39 is 20.0 Å². The van der Waals surface area contributed by atoms with E-state index in [1.54, 1.807) is 0 Å². The first-order chi connectivity index (χ1) is 41.5. The van der Waals surface area contributed by atoms with Crippen LogP contribution in [0.1, 0.15) is 431 Å². The minimum Gasteiger partial charge on any atom is -0.391 e. The smallest absolute Gasteiger partial charge is 0.391 e. The Bertz CT molecular complexity index is 1350. The van der Waals surface area contributed by atoms with Gasteiger partial charge in [0.15, 0.2) is 0 Å². The molecule has 85 heavy (non-hydrogen) atoms. The topological polar surface area (TPSA) is 105 Å².